The van der Waals surface area contributed by atoms with Gasteiger partial charge in [-0.3, -0.25) is 14.5 Å². The molecule has 21 heavy (non-hydrogen) atoms. The molecule has 7 heteroatoms. The number of amides is 1. The van der Waals surface area contributed by atoms with Crippen molar-refractivity contribution in [3.05, 3.63) is 0 Å². The average molecular weight is 318 g/mol. The molecule has 0 spiro atoms. The number of aliphatic carboxylic acids is 1. The molecule has 3 N–H and O–H groups in total. The molecule has 1 rings (SSSR count). The van der Waals surface area contributed by atoms with Crippen LogP contribution in [-0.2, 0) is 9.59 Å². The van der Waals surface area contributed by atoms with E-state index in [1.54, 1.807) is 4.90 Å². The maximum atomic E-state index is 11.8. The van der Waals surface area contributed by atoms with Crippen molar-refractivity contribution < 1.29 is 19.8 Å². The molecule has 0 bridgehead atoms. The zero-order chi connectivity index (χ0) is 15.8. The molecule has 0 aromatic heterocycles. The van der Waals surface area contributed by atoms with E-state index in [-0.39, 0.29) is 18.2 Å². The third-order valence-electron chi connectivity index (χ3n) is 3.88. The van der Waals surface area contributed by atoms with Gasteiger partial charge in [-0.25, -0.2) is 0 Å². The maximum absolute atomic E-state index is 11.8. The summed E-state index contributed by atoms with van der Waals surface area (Å²) in [5.41, 5.74) is 0. The van der Waals surface area contributed by atoms with Crippen LogP contribution in [0.1, 0.15) is 39.0 Å². The summed E-state index contributed by atoms with van der Waals surface area (Å²) in [4.78, 5) is 24.6. The lowest BCUT2D eigenvalue weighted by molar-refractivity contribution is -0.148. The Labute approximate surface area is 131 Å². The highest BCUT2D eigenvalue weighted by molar-refractivity contribution is 7.80. The molecule has 0 saturated carbocycles. The molecule has 0 radical (unpaired) electrons. The molecule has 1 saturated heterocycles. The molecule has 1 fully saturated rings. The molecule has 1 aliphatic rings. The van der Waals surface area contributed by atoms with Gasteiger partial charge in [0.15, 0.2) is 0 Å². The molecule has 2 unspecified atom stereocenters. The van der Waals surface area contributed by atoms with Crippen molar-refractivity contribution in [3.8, 4) is 0 Å². The molecular weight excluding hydrogens is 292 g/mol. The monoisotopic (exact) mass is 318 g/mol. The van der Waals surface area contributed by atoms with Gasteiger partial charge in [0, 0.05) is 25.4 Å². The highest BCUT2D eigenvalue weighted by Crippen LogP contribution is 2.25. The summed E-state index contributed by atoms with van der Waals surface area (Å²) in [6, 6.07) is -0.662. The minimum Gasteiger partial charge on any atom is -0.480 e. The van der Waals surface area contributed by atoms with E-state index >= 15 is 0 Å². The number of aliphatic hydroxyl groups is 1. The third kappa shape index (κ3) is 5.48. The molecule has 0 aromatic carbocycles. The maximum Gasteiger partial charge on any atom is 0.320 e. The van der Waals surface area contributed by atoms with Crippen LogP contribution in [0.2, 0.25) is 0 Å². The van der Waals surface area contributed by atoms with Crippen molar-refractivity contribution in [3.63, 3.8) is 0 Å². The number of aliphatic hydroxyl groups excluding tert-OH is 1. The van der Waals surface area contributed by atoms with Crippen molar-refractivity contribution in [1.29, 1.82) is 0 Å². The quantitative estimate of drug-likeness (QED) is 0.371. The minimum atomic E-state index is -0.942. The van der Waals surface area contributed by atoms with E-state index in [4.69, 9.17) is 5.11 Å². The largest absolute Gasteiger partial charge is 0.480 e. The number of carbonyl (C=O) groups excluding carboxylic acids is 1. The lowest BCUT2D eigenvalue weighted by Crippen LogP contribution is -2.48. The first-order chi connectivity index (χ1) is 10.0. The molecule has 3 atom stereocenters. The third-order valence-corrected chi connectivity index (χ3v) is 4.34. The summed E-state index contributed by atoms with van der Waals surface area (Å²) in [6.07, 6.45) is 2.43. The lowest BCUT2D eigenvalue weighted by Gasteiger charge is -2.32. The Morgan fingerprint density at radius 3 is 2.76 bits per heavy atom. The summed E-state index contributed by atoms with van der Waals surface area (Å²) < 4.78 is 0. The van der Waals surface area contributed by atoms with Crippen LogP contribution >= 0.6 is 12.6 Å². The van der Waals surface area contributed by atoms with E-state index in [0.717, 1.165) is 19.3 Å². The van der Waals surface area contributed by atoms with Gasteiger partial charge < -0.3 is 15.5 Å². The number of carboxylic acids is 1. The zero-order valence-corrected chi connectivity index (χ0v) is 13.4. The van der Waals surface area contributed by atoms with Crippen molar-refractivity contribution in [1.82, 2.24) is 10.2 Å². The number of nitrogens with one attached hydrogen (secondary N) is 1. The van der Waals surface area contributed by atoms with Crippen LogP contribution in [0.3, 0.4) is 0 Å². The Morgan fingerprint density at radius 1 is 1.48 bits per heavy atom. The summed E-state index contributed by atoms with van der Waals surface area (Å²) in [5, 5.41) is 22.4. The highest BCUT2D eigenvalue weighted by Gasteiger charge is 2.38. The predicted molar refractivity (Wildman–Crippen MR) is 83.2 cm³/mol. The molecular formula is C14H26N2O4S. The number of hydrogen-bond donors (Lipinski definition) is 4. The number of thiol groups is 1. The lowest BCUT2D eigenvalue weighted by atomic mass is 10.0. The predicted octanol–water partition coefficient (Wildman–Crippen LogP) is 0.706. The van der Waals surface area contributed by atoms with Crippen LogP contribution < -0.4 is 5.32 Å². The minimum absolute atomic E-state index is 0.118. The topological polar surface area (TPSA) is 89.9 Å². The molecule has 0 aliphatic carbocycles. The summed E-state index contributed by atoms with van der Waals surface area (Å²) >= 11 is 4.20. The van der Waals surface area contributed by atoms with Gasteiger partial charge in [-0.1, -0.05) is 13.3 Å². The standard InChI is InChI=1S/C14H26N2O4S/c1-2-3-6-15-12(17)8-10(9-21)13(18)16-7-4-5-11(16)14(19)20/h10-11,13,18,21H,2-9H2,1H3,(H,15,17)(H,19,20)/t10?,11-,13?/m0/s1. The fourth-order valence-electron chi connectivity index (χ4n) is 2.62. The van der Waals surface area contributed by atoms with E-state index in [9.17, 15) is 14.7 Å². The smallest absolute Gasteiger partial charge is 0.320 e. The van der Waals surface area contributed by atoms with E-state index < -0.39 is 18.2 Å². The van der Waals surface area contributed by atoms with Gasteiger partial charge in [0.05, 0.1) is 0 Å². The second-order valence-electron chi connectivity index (χ2n) is 5.50. The van der Waals surface area contributed by atoms with Gasteiger partial charge in [0.25, 0.3) is 0 Å². The normalized spacial score (nSPS) is 22.0. The SMILES string of the molecule is CCCCNC(=O)CC(CS)C(O)N1CCC[C@H]1C(=O)O. The Kier molecular flexibility index (Phi) is 8.06. The van der Waals surface area contributed by atoms with Gasteiger partial charge in [-0.15, -0.1) is 0 Å². The average Bonchev–Trinajstić information content (AvgIpc) is 2.94. The summed E-state index contributed by atoms with van der Waals surface area (Å²) in [6.45, 7) is 3.22. The Morgan fingerprint density at radius 2 is 2.19 bits per heavy atom. The summed E-state index contributed by atoms with van der Waals surface area (Å²) in [5.74, 6) is -1.06. The second-order valence-corrected chi connectivity index (χ2v) is 5.86. The summed E-state index contributed by atoms with van der Waals surface area (Å²) in [7, 11) is 0. The van der Waals surface area contributed by atoms with Gasteiger partial charge in [0.2, 0.25) is 5.91 Å². The number of hydrogen-bond acceptors (Lipinski definition) is 5. The van der Waals surface area contributed by atoms with Crippen LogP contribution in [0.25, 0.3) is 0 Å². The Hall–Kier alpha value is -0.790. The zero-order valence-electron chi connectivity index (χ0n) is 12.5. The van der Waals surface area contributed by atoms with Gasteiger partial charge >= 0.3 is 5.97 Å². The molecule has 0 aromatic rings. The molecule has 1 aliphatic heterocycles. The highest BCUT2D eigenvalue weighted by atomic mass is 32.1. The number of carboxylic acid groups (broad SMARTS) is 1. The number of likely N-dealkylation sites (tertiary alicyclic amines) is 1. The van der Waals surface area contributed by atoms with Gasteiger partial charge in [-0.05, 0) is 25.0 Å². The number of nitrogens with zero attached hydrogens (tertiary/aromatic N) is 1. The van der Waals surface area contributed by atoms with Crippen molar-refractivity contribution in [2.45, 2.75) is 51.3 Å². The van der Waals surface area contributed by atoms with E-state index in [1.165, 1.54) is 0 Å². The number of carbonyl (C=O) groups is 2. The van der Waals surface area contributed by atoms with Crippen molar-refractivity contribution in [2.75, 3.05) is 18.8 Å². The Bertz CT molecular complexity index is 354. The van der Waals surface area contributed by atoms with Crippen LogP contribution in [0.4, 0.5) is 0 Å². The van der Waals surface area contributed by atoms with E-state index in [1.807, 2.05) is 6.92 Å². The van der Waals surface area contributed by atoms with Crippen LogP contribution in [-0.4, -0.2) is 58.1 Å². The Balaban J connectivity index is 2.54. The molecule has 122 valence electrons. The van der Waals surface area contributed by atoms with E-state index in [0.29, 0.717) is 25.3 Å². The van der Waals surface area contributed by atoms with E-state index in [2.05, 4.69) is 17.9 Å². The molecule has 6 nitrogen and oxygen atoms in total. The first-order valence-corrected chi connectivity index (χ1v) is 8.18. The van der Waals surface area contributed by atoms with Gasteiger partial charge in [-0.2, -0.15) is 12.6 Å². The second kappa shape index (κ2) is 9.27. The van der Waals surface area contributed by atoms with Gasteiger partial charge in [0.1, 0.15) is 12.3 Å². The van der Waals surface area contributed by atoms with Crippen LogP contribution in [0.15, 0.2) is 0 Å². The fourth-order valence-corrected chi connectivity index (χ4v) is 2.94. The number of unbranched alkanes of at least 4 members (excludes halogenated alkanes) is 1. The van der Waals surface area contributed by atoms with Crippen molar-refractivity contribution >= 4 is 24.5 Å². The fraction of sp³-hybridized carbons (Fsp3) is 0.857. The number of rotatable bonds is 9. The van der Waals surface area contributed by atoms with Crippen molar-refractivity contribution in [2.24, 2.45) is 5.92 Å². The first kappa shape index (κ1) is 18.3. The van der Waals surface area contributed by atoms with Crippen LogP contribution in [0.5, 0.6) is 0 Å². The molecule has 1 amide bonds. The molecule has 1 heterocycles. The van der Waals surface area contributed by atoms with Crippen LogP contribution in [0, 0.1) is 5.92 Å². The first-order valence-electron chi connectivity index (χ1n) is 7.55.